The number of rotatable bonds is 5. The summed E-state index contributed by atoms with van der Waals surface area (Å²) < 4.78 is 5.40. The van der Waals surface area contributed by atoms with E-state index in [1.807, 2.05) is 35.7 Å². The van der Waals surface area contributed by atoms with Crippen LogP contribution in [0.3, 0.4) is 0 Å². The van der Waals surface area contributed by atoms with E-state index in [9.17, 15) is 9.59 Å². The van der Waals surface area contributed by atoms with E-state index in [0.717, 1.165) is 58.8 Å². The molecule has 164 valence electrons. The molecule has 0 N–H and O–H groups in total. The second-order valence-corrected chi connectivity index (χ2v) is 8.82. The lowest BCUT2D eigenvalue weighted by Crippen LogP contribution is -2.44. The van der Waals surface area contributed by atoms with Crippen molar-refractivity contribution < 1.29 is 14.3 Å². The zero-order chi connectivity index (χ0) is 21.3. The fourth-order valence-electron chi connectivity index (χ4n) is 4.67. The maximum Gasteiger partial charge on any atom is 0.257 e. The second kappa shape index (κ2) is 8.47. The molecule has 3 saturated heterocycles. The van der Waals surface area contributed by atoms with Crippen molar-refractivity contribution in [2.24, 2.45) is 5.41 Å². The van der Waals surface area contributed by atoms with E-state index in [0.29, 0.717) is 30.3 Å². The molecule has 0 aromatic carbocycles. The third kappa shape index (κ3) is 4.00. The van der Waals surface area contributed by atoms with Gasteiger partial charge in [0, 0.05) is 66.1 Å². The van der Waals surface area contributed by atoms with Crippen LogP contribution in [0.1, 0.15) is 28.9 Å². The Morgan fingerprint density at radius 2 is 1.90 bits per heavy atom. The Hall–Kier alpha value is -2.26. The van der Waals surface area contributed by atoms with E-state index in [-0.39, 0.29) is 11.8 Å². The molecule has 0 aliphatic carbocycles. The van der Waals surface area contributed by atoms with Crippen molar-refractivity contribution >= 4 is 17.8 Å². The number of hydrogen-bond donors (Lipinski definition) is 0. The number of likely N-dealkylation sites (tertiary alicyclic amines) is 2. The summed E-state index contributed by atoms with van der Waals surface area (Å²) in [7, 11) is 3.74. The highest BCUT2D eigenvalue weighted by Crippen LogP contribution is 2.41. The lowest BCUT2D eigenvalue weighted by molar-refractivity contribution is -0.135. The predicted molar refractivity (Wildman–Crippen MR) is 113 cm³/mol. The van der Waals surface area contributed by atoms with Gasteiger partial charge in [-0.2, -0.15) is 0 Å². The first-order valence-electron chi connectivity index (χ1n) is 10.8. The lowest BCUT2D eigenvalue weighted by atomic mass is 9.85. The van der Waals surface area contributed by atoms with Crippen LogP contribution in [0.25, 0.3) is 0 Å². The first-order valence-corrected chi connectivity index (χ1v) is 10.8. The number of amides is 2. The molecule has 2 amide bonds. The molecule has 0 saturated carbocycles. The highest BCUT2D eigenvalue weighted by Gasteiger charge is 2.51. The van der Waals surface area contributed by atoms with Gasteiger partial charge in [-0.05, 0) is 19.8 Å². The molecule has 4 heterocycles. The number of morpholine rings is 1. The molecule has 0 bridgehead atoms. The van der Waals surface area contributed by atoms with Crippen molar-refractivity contribution in [3.05, 3.63) is 17.5 Å². The van der Waals surface area contributed by atoms with Gasteiger partial charge in [-0.3, -0.25) is 14.5 Å². The summed E-state index contributed by atoms with van der Waals surface area (Å²) in [6, 6.07) is 0. The van der Waals surface area contributed by atoms with Crippen molar-refractivity contribution in [3.8, 4) is 0 Å². The highest BCUT2D eigenvalue weighted by molar-refractivity contribution is 5.96. The van der Waals surface area contributed by atoms with E-state index in [4.69, 9.17) is 4.74 Å². The topological polar surface area (TPSA) is 82.1 Å². The minimum atomic E-state index is -0.418. The van der Waals surface area contributed by atoms with Crippen molar-refractivity contribution in [2.75, 3.05) is 78.0 Å². The SMILES string of the molecule is Cc1nc(N(C)C)ncc1C(=O)N1CCC2(CCN(CCN3CCOCC3)C2=O)C1. The maximum absolute atomic E-state index is 13.2. The van der Waals surface area contributed by atoms with Gasteiger partial charge in [-0.25, -0.2) is 9.97 Å². The van der Waals surface area contributed by atoms with Crippen molar-refractivity contribution in [1.29, 1.82) is 0 Å². The number of aryl methyl sites for hydroxylation is 1. The maximum atomic E-state index is 13.2. The molecular weight excluding hydrogens is 384 g/mol. The van der Waals surface area contributed by atoms with Crippen molar-refractivity contribution in [3.63, 3.8) is 0 Å². The first-order chi connectivity index (χ1) is 14.4. The molecule has 9 heteroatoms. The number of hydrogen-bond acceptors (Lipinski definition) is 7. The summed E-state index contributed by atoms with van der Waals surface area (Å²) >= 11 is 0. The van der Waals surface area contributed by atoms with Crippen LogP contribution in [-0.2, 0) is 9.53 Å². The summed E-state index contributed by atoms with van der Waals surface area (Å²) in [6.07, 6.45) is 3.17. The molecule has 3 aliphatic heterocycles. The number of aromatic nitrogens is 2. The predicted octanol–water partition coefficient (Wildman–Crippen LogP) is 0.248. The molecule has 1 atom stereocenters. The second-order valence-electron chi connectivity index (χ2n) is 8.82. The Balaban J connectivity index is 1.37. The number of nitrogens with zero attached hydrogens (tertiary/aromatic N) is 6. The quantitative estimate of drug-likeness (QED) is 0.680. The van der Waals surface area contributed by atoms with E-state index in [1.54, 1.807) is 6.20 Å². The monoisotopic (exact) mass is 416 g/mol. The summed E-state index contributed by atoms with van der Waals surface area (Å²) in [6.45, 7) is 8.78. The van der Waals surface area contributed by atoms with Gasteiger partial charge in [0.25, 0.3) is 5.91 Å². The van der Waals surface area contributed by atoms with Crippen LogP contribution < -0.4 is 4.90 Å². The van der Waals surface area contributed by atoms with Crippen LogP contribution in [0.2, 0.25) is 0 Å². The van der Waals surface area contributed by atoms with Crippen molar-refractivity contribution in [1.82, 2.24) is 24.7 Å². The van der Waals surface area contributed by atoms with Gasteiger partial charge in [-0.1, -0.05) is 0 Å². The Kier molecular flexibility index (Phi) is 5.92. The molecular formula is C21H32N6O3. The van der Waals surface area contributed by atoms with Crippen LogP contribution in [0.5, 0.6) is 0 Å². The molecule has 4 rings (SSSR count). The van der Waals surface area contributed by atoms with Crippen LogP contribution in [0.15, 0.2) is 6.20 Å². The third-order valence-electron chi connectivity index (χ3n) is 6.63. The average Bonchev–Trinajstić information content (AvgIpc) is 3.31. The van der Waals surface area contributed by atoms with Gasteiger partial charge in [-0.15, -0.1) is 0 Å². The molecule has 30 heavy (non-hydrogen) atoms. The van der Waals surface area contributed by atoms with E-state index in [1.165, 1.54) is 0 Å². The summed E-state index contributed by atoms with van der Waals surface area (Å²) in [5, 5.41) is 0. The molecule has 3 fully saturated rings. The van der Waals surface area contributed by atoms with E-state index in [2.05, 4.69) is 14.9 Å². The van der Waals surface area contributed by atoms with Gasteiger partial charge < -0.3 is 19.4 Å². The Morgan fingerprint density at radius 3 is 2.60 bits per heavy atom. The van der Waals surface area contributed by atoms with Gasteiger partial charge in [0.1, 0.15) is 0 Å². The molecule has 1 spiro atoms. The fraction of sp³-hybridized carbons (Fsp3) is 0.714. The lowest BCUT2D eigenvalue weighted by Gasteiger charge is -2.29. The van der Waals surface area contributed by atoms with Crippen LogP contribution in [0, 0.1) is 12.3 Å². The Bertz CT molecular complexity index is 810. The van der Waals surface area contributed by atoms with Gasteiger partial charge in [0.2, 0.25) is 11.9 Å². The largest absolute Gasteiger partial charge is 0.379 e. The first kappa shape index (κ1) is 21.0. The number of anilines is 1. The standard InChI is InChI=1S/C21H32N6O3/c1-16-17(14-22-20(23-16)24(2)3)18(28)27-7-5-21(15-27)4-6-26(19(21)29)9-8-25-10-12-30-13-11-25/h14H,4-13,15H2,1-3H3. The Labute approximate surface area is 178 Å². The third-order valence-corrected chi connectivity index (χ3v) is 6.63. The van der Waals surface area contributed by atoms with Gasteiger partial charge in [0.05, 0.1) is 29.9 Å². The number of ether oxygens (including phenoxy) is 1. The summed E-state index contributed by atoms with van der Waals surface area (Å²) in [4.78, 5) is 43.0. The van der Waals surface area contributed by atoms with Crippen LogP contribution in [-0.4, -0.2) is 110 Å². The van der Waals surface area contributed by atoms with Crippen LogP contribution in [0.4, 0.5) is 5.95 Å². The summed E-state index contributed by atoms with van der Waals surface area (Å²) in [5.74, 6) is 0.722. The molecule has 1 aromatic rings. The van der Waals surface area contributed by atoms with Crippen LogP contribution >= 0.6 is 0 Å². The molecule has 9 nitrogen and oxygen atoms in total. The molecule has 3 aliphatic rings. The van der Waals surface area contributed by atoms with E-state index >= 15 is 0 Å². The fourth-order valence-corrected chi connectivity index (χ4v) is 4.67. The minimum Gasteiger partial charge on any atom is -0.379 e. The smallest absolute Gasteiger partial charge is 0.257 e. The average molecular weight is 417 g/mol. The molecule has 1 unspecified atom stereocenters. The highest BCUT2D eigenvalue weighted by atomic mass is 16.5. The summed E-state index contributed by atoms with van der Waals surface area (Å²) in [5.41, 5.74) is 0.774. The van der Waals surface area contributed by atoms with Crippen molar-refractivity contribution in [2.45, 2.75) is 19.8 Å². The molecule has 1 aromatic heterocycles. The zero-order valence-corrected chi connectivity index (χ0v) is 18.3. The number of carbonyl (C=O) groups excluding carboxylic acids is 2. The molecule has 0 radical (unpaired) electrons. The van der Waals surface area contributed by atoms with Gasteiger partial charge in [0.15, 0.2) is 0 Å². The zero-order valence-electron chi connectivity index (χ0n) is 18.3. The van der Waals surface area contributed by atoms with Gasteiger partial charge >= 0.3 is 0 Å². The minimum absolute atomic E-state index is 0.0748. The van der Waals surface area contributed by atoms with E-state index < -0.39 is 5.41 Å². The normalized spacial score (nSPS) is 24.8. The Morgan fingerprint density at radius 1 is 1.17 bits per heavy atom. The number of carbonyl (C=O) groups is 2.